The van der Waals surface area contributed by atoms with Crippen molar-refractivity contribution in [1.29, 1.82) is 0 Å². The summed E-state index contributed by atoms with van der Waals surface area (Å²) in [4.78, 5) is 24.6. The number of rotatable bonds is 9. The van der Waals surface area contributed by atoms with E-state index in [4.69, 9.17) is 23.1 Å². The number of ketones is 1. The number of hydrogen-bond donors (Lipinski definition) is 2. The zero-order valence-corrected chi connectivity index (χ0v) is 17.7. The first-order chi connectivity index (χ1) is 14.5. The van der Waals surface area contributed by atoms with E-state index in [1.165, 1.54) is 7.11 Å². The average Bonchev–Trinajstić information content (AvgIpc) is 2.77. The molecule has 0 aliphatic carbocycles. The van der Waals surface area contributed by atoms with Crippen LogP contribution in [0.3, 0.4) is 0 Å². The van der Waals surface area contributed by atoms with Crippen molar-refractivity contribution in [3.8, 4) is 0 Å². The van der Waals surface area contributed by atoms with E-state index in [1.807, 2.05) is 91.0 Å². The summed E-state index contributed by atoms with van der Waals surface area (Å²) in [7, 11) is 1.31. The highest BCUT2D eigenvalue weighted by molar-refractivity contribution is 7.81. The number of methoxy groups -OCH3 is 1. The SMILES string of the molecule is COC(C(N)=O)C(=O)CC(S)C(c1ccccc1)(c1ccccc1)c1ccccc1. The summed E-state index contributed by atoms with van der Waals surface area (Å²) >= 11 is 4.96. The topological polar surface area (TPSA) is 69.4 Å². The Morgan fingerprint density at radius 3 is 1.50 bits per heavy atom. The minimum Gasteiger partial charge on any atom is -0.367 e. The van der Waals surface area contributed by atoms with Crippen LogP contribution < -0.4 is 5.73 Å². The molecule has 4 nitrogen and oxygen atoms in total. The second-order valence-corrected chi connectivity index (χ2v) is 7.73. The largest absolute Gasteiger partial charge is 0.367 e. The predicted molar refractivity (Wildman–Crippen MR) is 122 cm³/mol. The number of carbonyl (C=O) groups excluding carboxylic acids is 2. The highest BCUT2D eigenvalue weighted by atomic mass is 32.1. The summed E-state index contributed by atoms with van der Waals surface area (Å²) in [6, 6.07) is 29.9. The molecule has 1 amide bonds. The Morgan fingerprint density at radius 2 is 1.20 bits per heavy atom. The number of hydrogen-bond acceptors (Lipinski definition) is 4. The van der Waals surface area contributed by atoms with Gasteiger partial charge in [0.15, 0.2) is 11.9 Å². The van der Waals surface area contributed by atoms with Gasteiger partial charge in [-0.05, 0) is 16.7 Å². The molecule has 3 rings (SSSR count). The van der Waals surface area contributed by atoms with E-state index in [1.54, 1.807) is 0 Å². The van der Waals surface area contributed by atoms with Gasteiger partial charge in [-0.15, -0.1) is 0 Å². The first-order valence-corrected chi connectivity index (χ1v) is 10.2. The normalized spacial score (nSPS) is 13.4. The van der Waals surface area contributed by atoms with E-state index in [9.17, 15) is 9.59 Å². The number of amides is 1. The Hall–Kier alpha value is -2.89. The molecule has 154 valence electrons. The lowest BCUT2D eigenvalue weighted by Gasteiger charge is -2.40. The molecule has 3 aromatic carbocycles. The van der Waals surface area contributed by atoms with E-state index in [0.29, 0.717) is 0 Å². The van der Waals surface area contributed by atoms with Crippen molar-refractivity contribution in [3.63, 3.8) is 0 Å². The van der Waals surface area contributed by atoms with Crippen LogP contribution in [0.2, 0.25) is 0 Å². The number of carbonyl (C=O) groups is 2. The smallest absolute Gasteiger partial charge is 0.254 e. The summed E-state index contributed by atoms with van der Waals surface area (Å²) in [5.41, 5.74) is 7.64. The molecule has 5 heteroatoms. The van der Waals surface area contributed by atoms with Gasteiger partial charge in [0.2, 0.25) is 0 Å². The second-order valence-electron chi connectivity index (χ2n) is 7.11. The van der Waals surface area contributed by atoms with Gasteiger partial charge in [-0.25, -0.2) is 0 Å². The maximum atomic E-state index is 12.9. The molecule has 0 bridgehead atoms. The molecular weight excluding hydrogens is 394 g/mol. The molecular formula is C25H25NO3S. The van der Waals surface area contributed by atoms with Crippen molar-refractivity contribution in [2.75, 3.05) is 7.11 Å². The highest BCUT2D eigenvalue weighted by Crippen LogP contribution is 2.45. The molecule has 3 aromatic rings. The zero-order chi connectivity index (χ0) is 21.6. The maximum Gasteiger partial charge on any atom is 0.254 e. The summed E-state index contributed by atoms with van der Waals surface area (Å²) in [6.45, 7) is 0. The Balaban J connectivity index is 2.21. The number of Topliss-reactive ketones (excluding diaryl/α,β-unsaturated/α-hetero) is 1. The Labute approximate surface area is 182 Å². The van der Waals surface area contributed by atoms with Crippen LogP contribution in [-0.2, 0) is 19.7 Å². The third kappa shape index (κ3) is 4.18. The van der Waals surface area contributed by atoms with Crippen molar-refractivity contribution >= 4 is 24.3 Å². The van der Waals surface area contributed by atoms with Gasteiger partial charge in [-0.1, -0.05) is 91.0 Å². The van der Waals surface area contributed by atoms with E-state index in [-0.39, 0.29) is 6.42 Å². The molecule has 0 saturated heterocycles. The summed E-state index contributed by atoms with van der Waals surface area (Å²) in [6.07, 6.45) is -1.29. The summed E-state index contributed by atoms with van der Waals surface area (Å²) < 4.78 is 5.05. The molecule has 0 aliphatic rings. The monoisotopic (exact) mass is 419 g/mol. The summed E-state index contributed by atoms with van der Waals surface area (Å²) in [5.74, 6) is -1.19. The maximum absolute atomic E-state index is 12.9. The van der Waals surface area contributed by atoms with Gasteiger partial charge >= 0.3 is 0 Å². The van der Waals surface area contributed by atoms with Gasteiger partial charge in [-0.2, -0.15) is 12.6 Å². The molecule has 30 heavy (non-hydrogen) atoms. The van der Waals surface area contributed by atoms with Gasteiger partial charge in [0.25, 0.3) is 5.91 Å². The molecule has 0 radical (unpaired) electrons. The van der Waals surface area contributed by atoms with Crippen LogP contribution in [0, 0.1) is 0 Å². The molecule has 0 aromatic heterocycles. The van der Waals surface area contributed by atoms with E-state index in [2.05, 4.69) is 0 Å². The van der Waals surface area contributed by atoms with Crippen LogP contribution in [0.15, 0.2) is 91.0 Å². The fraction of sp³-hybridized carbons (Fsp3) is 0.200. The lowest BCUT2D eigenvalue weighted by molar-refractivity contribution is -0.140. The van der Waals surface area contributed by atoms with Gasteiger partial charge in [0, 0.05) is 18.8 Å². The van der Waals surface area contributed by atoms with Crippen molar-refractivity contribution in [3.05, 3.63) is 108 Å². The second kappa shape index (κ2) is 9.74. The number of ether oxygens (including phenoxy) is 1. The lowest BCUT2D eigenvalue weighted by Crippen LogP contribution is -2.44. The third-order valence-corrected chi connectivity index (χ3v) is 5.94. The highest BCUT2D eigenvalue weighted by Gasteiger charge is 2.43. The molecule has 2 unspecified atom stereocenters. The Morgan fingerprint density at radius 1 is 0.833 bits per heavy atom. The number of primary amides is 1. The fourth-order valence-corrected chi connectivity index (χ4v) is 4.66. The van der Waals surface area contributed by atoms with Crippen LogP contribution in [0.1, 0.15) is 23.1 Å². The van der Waals surface area contributed by atoms with Crippen LogP contribution in [0.4, 0.5) is 0 Å². The van der Waals surface area contributed by atoms with Crippen LogP contribution in [0.5, 0.6) is 0 Å². The van der Waals surface area contributed by atoms with Crippen LogP contribution >= 0.6 is 12.6 Å². The van der Waals surface area contributed by atoms with Crippen LogP contribution in [-0.4, -0.2) is 30.2 Å². The number of benzene rings is 3. The molecule has 0 spiro atoms. The first kappa shape index (κ1) is 21.8. The molecule has 2 N–H and O–H groups in total. The van der Waals surface area contributed by atoms with E-state index in [0.717, 1.165) is 16.7 Å². The minimum atomic E-state index is -1.29. The van der Waals surface area contributed by atoms with Crippen LogP contribution in [0.25, 0.3) is 0 Å². The van der Waals surface area contributed by atoms with E-state index < -0.39 is 28.5 Å². The van der Waals surface area contributed by atoms with Gasteiger partial charge < -0.3 is 10.5 Å². The standard InChI is InChI=1S/C25H25NO3S/c1-29-23(24(26)28)21(27)17-22(30)25(18-11-5-2-6-12-18,19-13-7-3-8-14-19)20-15-9-4-10-16-20/h2-16,22-23,30H,17H2,1H3,(H2,26,28). The molecule has 0 heterocycles. The van der Waals surface area contributed by atoms with Gasteiger partial charge in [0.1, 0.15) is 0 Å². The fourth-order valence-electron chi connectivity index (χ4n) is 4.04. The van der Waals surface area contributed by atoms with Crippen molar-refractivity contribution in [2.45, 2.75) is 23.2 Å². The average molecular weight is 420 g/mol. The van der Waals surface area contributed by atoms with Crippen molar-refractivity contribution in [1.82, 2.24) is 0 Å². The van der Waals surface area contributed by atoms with Crippen molar-refractivity contribution in [2.24, 2.45) is 5.73 Å². The third-order valence-electron chi connectivity index (χ3n) is 5.37. The quantitative estimate of drug-likeness (QED) is 0.315. The Bertz CT molecular complexity index is 880. The zero-order valence-electron chi connectivity index (χ0n) is 16.8. The number of nitrogens with two attached hydrogens (primary N) is 1. The molecule has 2 atom stereocenters. The predicted octanol–water partition coefficient (Wildman–Crippen LogP) is 3.78. The van der Waals surface area contributed by atoms with Gasteiger partial charge in [0.05, 0.1) is 5.41 Å². The minimum absolute atomic E-state index is 0.00321. The van der Waals surface area contributed by atoms with Crippen molar-refractivity contribution < 1.29 is 14.3 Å². The molecule has 0 aliphatic heterocycles. The number of thiol groups is 1. The summed E-state index contributed by atoms with van der Waals surface area (Å²) in [5, 5.41) is -0.478. The first-order valence-electron chi connectivity index (χ1n) is 9.71. The molecule has 0 fully saturated rings. The van der Waals surface area contributed by atoms with E-state index >= 15 is 0 Å². The lowest BCUT2D eigenvalue weighted by atomic mass is 9.66. The molecule has 0 saturated carbocycles. The Kier molecular flexibility index (Phi) is 7.08. The van der Waals surface area contributed by atoms with Gasteiger partial charge in [-0.3, -0.25) is 9.59 Å².